The topological polar surface area (TPSA) is 51.8 Å². The van der Waals surface area contributed by atoms with Crippen molar-refractivity contribution in [3.63, 3.8) is 0 Å². The third-order valence-electron chi connectivity index (χ3n) is 12.2. The molecule has 0 aliphatic rings. The fourth-order valence-corrected chi connectivity index (χ4v) is 8.46. The van der Waals surface area contributed by atoms with Crippen LogP contribution in [-0.2, 0) is 30.9 Å². The fraction of sp³-hybridized carbons (Fsp3) is 0.305. The molecule has 64 heavy (non-hydrogen) atoms. The van der Waals surface area contributed by atoms with E-state index >= 15 is 0 Å². The van der Waals surface area contributed by atoms with Crippen LogP contribution in [0.1, 0.15) is 138 Å². The molecule has 0 amide bonds. The Bertz CT molecular complexity index is 3200. The SMILES string of the molecule is CC(C)(C)c1ccc(-c2[c-]cccc2)nc1.[2H]C([2H])([2H])c1c[c-]c(-c2cc(C(C)(C)C)ncn2)c2oc3cc4c(ccc5ccc(-c6c(C(C)C)cc(C(C)C)cc6C(C)C)cc54)cc3c12.[Ir]. The Kier molecular flexibility index (Phi) is 12.1. The van der Waals surface area contributed by atoms with Crippen LogP contribution in [0, 0.1) is 19.0 Å². The molecule has 0 bridgehead atoms. The van der Waals surface area contributed by atoms with Gasteiger partial charge in [-0.25, -0.2) is 4.98 Å². The van der Waals surface area contributed by atoms with Crippen molar-refractivity contribution < 1.29 is 28.6 Å². The first-order chi connectivity index (χ1) is 31.1. The van der Waals surface area contributed by atoms with E-state index in [1.807, 2.05) is 36.5 Å². The number of furan rings is 1. The maximum Gasteiger partial charge on any atom is 0.121 e. The molecular formula is C59H61IrN3O-2. The molecule has 3 heterocycles. The van der Waals surface area contributed by atoms with Crippen molar-refractivity contribution in [2.45, 2.75) is 119 Å². The second-order valence-electron chi connectivity index (χ2n) is 20.0. The van der Waals surface area contributed by atoms with Crippen molar-refractivity contribution in [3.8, 4) is 33.6 Å². The second kappa shape index (κ2) is 18.2. The van der Waals surface area contributed by atoms with Gasteiger partial charge in [-0.1, -0.05) is 155 Å². The van der Waals surface area contributed by atoms with Crippen LogP contribution >= 0.6 is 0 Å². The average Bonchev–Trinajstić information content (AvgIpc) is 3.65. The zero-order valence-electron chi connectivity index (χ0n) is 42.3. The first kappa shape index (κ1) is 42.5. The maximum absolute atomic E-state index is 8.41. The summed E-state index contributed by atoms with van der Waals surface area (Å²) in [6.45, 7) is 24.2. The van der Waals surface area contributed by atoms with Crippen molar-refractivity contribution in [2.24, 2.45) is 0 Å². The van der Waals surface area contributed by atoms with Crippen molar-refractivity contribution in [1.82, 2.24) is 15.0 Å². The Morgan fingerprint density at radius 2 is 1.34 bits per heavy atom. The number of rotatable bonds is 6. The molecule has 5 heteroatoms. The predicted molar refractivity (Wildman–Crippen MR) is 267 cm³/mol. The van der Waals surface area contributed by atoms with Crippen LogP contribution in [0.5, 0.6) is 0 Å². The summed E-state index contributed by atoms with van der Waals surface area (Å²) < 4.78 is 31.9. The number of aromatic nitrogens is 3. The minimum atomic E-state index is -2.35. The molecule has 9 rings (SSSR count). The minimum Gasteiger partial charge on any atom is -0.501 e. The van der Waals surface area contributed by atoms with Crippen LogP contribution in [0.4, 0.5) is 0 Å². The number of pyridine rings is 1. The zero-order valence-corrected chi connectivity index (χ0v) is 41.7. The Balaban J connectivity index is 0.000000331. The predicted octanol–water partition coefficient (Wildman–Crippen LogP) is 16.6. The smallest absolute Gasteiger partial charge is 0.121 e. The normalized spacial score (nSPS) is 13.0. The largest absolute Gasteiger partial charge is 0.501 e. The third kappa shape index (κ3) is 9.21. The summed E-state index contributed by atoms with van der Waals surface area (Å²) in [5, 5.41) is 5.70. The molecule has 0 fully saturated rings. The number of nitrogens with zero attached hydrogens (tertiary/aromatic N) is 3. The molecule has 1 radical (unpaired) electrons. The summed E-state index contributed by atoms with van der Waals surface area (Å²) in [5.41, 5.74) is 13.4. The van der Waals surface area contributed by atoms with Crippen LogP contribution in [-0.4, -0.2) is 15.0 Å². The van der Waals surface area contributed by atoms with Gasteiger partial charge in [-0.2, -0.15) is 0 Å². The Morgan fingerprint density at radius 1 is 0.641 bits per heavy atom. The first-order valence-corrected chi connectivity index (χ1v) is 22.3. The molecule has 0 N–H and O–H groups in total. The molecule has 0 aliphatic heterocycles. The van der Waals surface area contributed by atoms with E-state index in [0.29, 0.717) is 45.6 Å². The number of benzene rings is 6. The van der Waals surface area contributed by atoms with E-state index in [0.717, 1.165) is 43.9 Å². The quantitative estimate of drug-likeness (QED) is 0.123. The number of hydrogen-bond acceptors (Lipinski definition) is 4. The number of aryl methyl sites for hydroxylation is 1. The van der Waals surface area contributed by atoms with Crippen LogP contribution < -0.4 is 0 Å². The maximum atomic E-state index is 8.41. The standard InChI is InChI=1S/C44H45N2O.C15H16N.Ir/c1-24(2)31-19-33(25(3)4)42(34(20-31)26(5)6)30-15-13-28-12-14-29-17-37-39(21-36(29)35(28)18-30)47-43-32(16-11-27(7)41(37)43)38-22-40(44(8,9)10)46-23-45-38;1-15(2,3)13-9-10-14(16-11-13)12-7-5-4-6-8-12;/h11-15,17-26H,1-10H3;4-7,9-11H,1-3H3;/q2*-1;/i7D3;;. The van der Waals surface area contributed by atoms with Gasteiger partial charge in [0.25, 0.3) is 0 Å². The molecule has 0 atom stereocenters. The summed E-state index contributed by atoms with van der Waals surface area (Å²) in [6.07, 6.45) is 3.51. The molecule has 329 valence electrons. The molecular weight excluding hydrogens is 959 g/mol. The molecule has 3 aromatic heterocycles. The van der Waals surface area contributed by atoms with Crippen molar-refractivity contribution >= 4 is 43.5 Å². The van der Waals surface area contributed by atoms with E-state index in [4.69, 9.17) is 8.53 Å². The average molecular weight is 1020 g/mol. The van der Waals surface area contributed by atoms with Crippen LogP contribution in [0.15, 0.2) is 120 Å². The summed E-state index contributed by atoms with van der Waals surface area (Å²) in [5.74, 6) is 1.18. The molecule has 6 aromatic carbocycles. The number of fused-ring (bicyclic) bond motifs is 6. The van der Waals surface area contributed by atoms with Gasteiger partial charge in [0.05, 0.1) is 5.58 Å². The van der Waals surface area contributed by atoms with Gasteiger partial charge < -0.3 is 9.40 Å². The van der Waals surface area contributed by atoms with Crippen molar-refractivity contribution in [1.29, 1.82) is 0 Å². The van der Waals surface area contributed by atoms with E-state index in [9.17, 15) is 0 Å². The van der Waals surface area contributed by atoms with Gasteiger partial charge >= 0.3 is 0 Å². The second-order valence-corrected chi connectivity index (χ2v) is 20.0. The van der Waals surface area contributed by atoms with Crippen molar-refractivity contribution in [2.75, 3.05) is 0 Å². The van der Waals surface area contributed by atoms with E-state index in [1.54, 1.807) is 12.4 Å². The Labute approximate surface area is 398 Å². The van der Waals surface area contributed by atoms with E-state index in [1.165, 1.54) is 33.4 Å². The Hall–Kier alpha value is -5.48. The molecule has 0 unspecified atom stereocenters. The van der Waals surface area contributed by atoms with Gasteiger partial charge in [0, 0.05) is 46.9 Å². The number of hydrogen-bond donors (Lipinski definition) is 0. The van der Waals surface area contributed by atoms with E-state index in [-0.39, 0.29) is 36.5 Å². The molecule has 9 aromatic rings. The van der Waals surface area contributed by atoms with E-state index < -0.39 is 6.85 Å². The van der Waals surface area contributed by atoms with Crippen molar-refractivity contribution in [3.05, 3.63) is 161 Å². The van der Waals surface area contributed by atoms with Gasteiger partial charge in [-0.15, -0.1) is 53.6 Å². The summed E-state index contributed by atoms with van der Waals surface area (Å²) in [7, 11) is 0. The summed E-state index contributed by atoms with van der Waals surface area (Å²) >= 11 is 0. The molecule has 4 nitrogen and oxygen atoms in total. The first-order valence-electron chi connectivity index (χ1n) is 23.8. The minimum absolute atomic E-state index is 0. The third-order valence-corrected chi connectivity index (χ3v) is 12.2. The molecule has 0 saturated heterocycles. The zero-order chi connectivity index (χ0) is 47.5. The van der Waals surface area contributed by atoms with Gasteiger partial charge in [-0.3, -0.25) is 4.98 Å². The van der Waals surface area contributed by atoms with Gasteiger partial charge in [0.2, 0.25) is 0 Å². The van der Waals surface area contributed by atoms with Gasteiger partial charge in [0.1, 0.15) is 11.9 Å². The molecule has 0 aliphatic carbocycles. The van der Waals surface area contributed by atoms with Gasteiger partial charge in [0.15, 0.2) is 0 Å². The monoisotopic (exact) mass is 1020 g/mol. The fourth-order valence-electron chi connectivity index (χ4n) is 8.46. The van der Waals surface area contributed by atoms with Gasteiger partial charge in [-0.05, 0) is 108 Å². The van der Waals surface area contributed by atoms with E-state index in [2.05, 4.69) is 177 Å². The molecule has 0 spiro atoms. The van der Waals surface area contributed by atoms with Crippen LogP contribution in [0.25, 0.3) is 77.1 Å². The summed E-state index contributed by atoms with van der Waals surface area (Å²) in [6, 6.07) is 42.1. The van der Waals surface area contributed by atoms with Crippen LogP contribution in [0.3, 0.4) is 0 Å². The van der Waals surface area contributed by atoms with Crippen LogP contribution in [0.2, 0.25) is 0 Å². The summed E-state index contributed by atoms with van der Waals surface area (Å²) in [4.78, 5) is 13.6. The Morgan fingerprint density at radius 3 is 1.95 bits per heavy atom. The molecule has 0 saturated carbocycles.